The first-order chi connectivity index (χ1) is 15.4. The van der Waals surface area contributed by atoms with Gasteiger partial charge in [-0.25, -0.2) is 13.5 Å². The van der Waals surface area contributed by atoms with Crippen molar-refractivity contribution in [1.29, 1.82) is 0 Å². The maximum Gasteiger partial charge on any atom is 0.257 e. The maximum absolute atomic E-state index is 14.3. The van der Waals surface area contributed by atoms with Gasteiger partial charge in [-0.15, -0.1) is 0 Å². The van der Waals surface area contributed by atoms with Crippen molar-refractivity contribution in [2.75, 3.05) is 13.1 Å². The van der Waals surface area contributed by atoms with Gasteiger partial charge in [-0.2, -0.15) is 5.10 Å². The van der Waals surface area contributed by atoms with Crippen molar-refractivity contribution in [3.63, 3.8) is 0 Å². The Morgan fingerprint density at radius 3 is 2.53 bits per heavy atom. The average Bonchev–Trinajstić information content (AvgIpc) is 3.34. The molecule has 3 heterocycles. The first-order valence-electron chi connectivity index (χ1n) is 10.8. The van der Waals surface area contributed by atoms with E-state index in [1.165, 1.54) is 27.9 Å². The second-order valence-electron chi connectivity index (χ2n) is 8.43. The number of hydrogen-bond donors (Lipinski definition) is 1. The van der Waals surface area contributed by atoms with Gasteiger partial charge in [0.1, 0.15) is 11.5 Å². The number of carbonyl (C=O) groups excluding carboxylic acids is 1. The van der Waals surface area contributed by atoms with E-state index in [1.807, 2.05) is 17.0 Å². The van der Waals surface area contributed by atoms with Crippen LogP contribution in [-0.2, 0) is 0 Å². The zero-order valence-corrected chi connectivity index (χ0v) is 18.0. The Bertz CT molecular complexity index is 1280. The number of rotatable bonds is 3. The van der Waals surface area contributed by atoms with Crippen molar-refractivity contribution in [2.45, 2.75) is 32.6 Å². The number of amides is 1. The summed E-state index contributed by atoms with van der Waals surface area (Å²) in [5.74, 6) is -1.08. The Kier molecular flexibility index (Phi) is 5.04. The largest absolute Gasteiger partial charge is 0.358 e. The number of fused-ring (bicyclic) bond motifs is 1. The topological polar surface area (TPSA) is 53.9 Å². The summed E-state index contributed by atoms with van der Waals surface area (Å²) in [6.07, 6.45) is 1.74. The first kappa shape index (κ1) is 20.4. The van der Waals surface area contributed by atoms with E-state index in [1.54, 1.807) is 13.8 Å². The number of nitrogens with zero attached hydrogens (tertiary/aromatic N) is 3. The van der Waals surface area contributed by atoms with E-state index >= 15 is 0 Å². The van der Waals surface area contributed by atoms with Gasteiger partial charge in [0.25, 0.3) is 5.91 Å². The summed E-state index contributed by atoms with van der Waals surface area (Å²) >= 11 is 0. The minimum Gasteiger partial charge on any atom is -0.358 e. The quantitative estimate of drug-likeness (QED) is 0.478. The van der Waals surface area contributed by atoms with Gasteiger partial charge in [0.15, 0.2) is 5.82 Å². The molecule has 1 aliphatic heterocycles. The number of carbonyl (C=O) groups is 1. The monoisotopic (exact) mass is 434 g/mol. The van der Waals surface area contributed by atoms with Gasteiger partial charge < -0.3 is 9.88 Å². The molecule has 1 amide bonds. The van der Waals surface area contributed by atoms with Crippen molar-refractivity contribution in [1.82, 2.24) is 19.7 Å². The summed E-state index contributed by atoms with van der Waals surface area (Å²) < 4.78 is 29.0. The number of hydrogen-bond acceptors (Lipinski definition) is 2. The Morgan fingerprint density at radius 2 is 1.81 bits per heavy atom. The molecule has 0 aliphatic carbocycles. The Balaban J connectivity index is 1.34. The third-order valence-electron chi connectivity index (χ3n) is 6.42. The highest BCUT2D eigenvalue weighted by Gasteiger charge is 2.29. The van der Waals surface area contributed by atoms with Gasteiger partial charge in [-0.05, 0) is 56.3 Å². The number of aryl methyl sites for hydroxylation is 1. The second kappa shape index (κ2) is 7.89. The summed E-state index contributed by atoms with van der Waals surface area (Å²) in [6, 6.07) is 13.8. The molecular weight excluding hydrogens is 410 g/mol. The van der Waals surface area contributed by atoms with Crippen LogP contribution in [0, 0.1) is 25.5 Å². The van der Waals surface area contributed by atoms with E-state index in [9.17, 15) is 13.6 Å². The predicted molar refractivity (Wildman–Crippen MR) is 119 cm³/mol. The fraction of sp³-hybridized carbons (Fsp3) is 0.280. The highest BCUT2D eigenvalue weighted by molar-refractivity contribution is 5.96. The zero-order valence-electron chi connectivity index (χ0n) is 18.0. The maximum atomic E-state index is 14.3. The van der Waals surface area contributed by atoms with Crippen LogP contribution in [0.5, 0.6) is 0 Å². The van der Waals surface area contributed by atoms with Crippen LogP contribution in [-0.4, -0.2) is 38.7 Å². The highest BCUT2D eigenvalue weighted by Crippen LogP contribution is 2.31. The second-order valence-corrected chi connectivity index (χ2v) is 8.43. The van der Waals surface area contributed by atoms with Crippen LogP contribution in [0.1, 0.15) is 46.2 Å². The van der Waals surface area contributed by atoms with Crippen molar-refractivity contribution >= 4 is 16.8 Å². The number of H-pyrrole nitrogens is 1. The molecule has 164 valence electrons. The van der Waals surface area contributed by atoms with Crippen molar-refractivity contribution in [2.24, 2.45) is 0 Å². The number of aromatic amines is 1. The van der Waals surface area contributed by atoms with Crippen molar-refractivity contribution in [3.8, 4) is 5.69 Å². The lowest BCUT2D eigenvalue weighted by Gasteiger charge is -2.31. The molecule has 4 aromatic rings. The Hall–Kier alpha value is -3.48. The third kappa shape index (κ3) is 3.47. The normalized spacial score (nSPS) is 14.9. The van der Waals surface area contributed by atoms with Crippen LogP contribution in [0.4, 0.5) is 8.78 Å². The number of aromatic nitrogens is 3. The molecule has 0 atom stereocenters. The molecule has 5 rings (SSSR count). The molecule has 2 aromatic carbocycles. The standard InChI is InChI=1S/C25H24F2N4O/c1-15-24(16(2)31(29-15)23-8-7-19(26)14-20(23)27)25(32)30-11-9-17(10-12-30)22-13-18-5-3-4-6-21(18)28-22/h3-8,13-14,17,28H,9-12H2,1-2H3. The molecule has 0 unspecified atom stereocenters. The Morgan fingerprint density at radius 1 is 1.06 bits per heavy atom. The van der Waals surface area contributed by atoms with Gasteiger partial charge in [0.05, 0.1) is 17.0 Å². The molecule has 5 nitrogen and oxygen atoms in total. The number of nitrogens with one attached hydrogen (secondary N) is 1. The minimum atomic E-state index is -0.714. The molecule has 7 heteroatoms. The fourth-order valence-corrected chi connectivity index (χ4v) is 4.71. The van der Waals surface area contributed by atoms with Gasteiger partial charge in [-0.1, -0.05) is 18.2 Å². The highest BCUT2D eigenvalue weighted by atomic mass is 19.1. The number of para-hydroxylation sites is 1. The van der Waals surface area contributed by atoms with Crippen LogP contribution in [0.2, 0.25) is 0 Å². The van der Waals surface area contributed by atoms with E-state index in [0.717, 1.165) is 24.4 Å². The fourth-order valence-electron chi connectivity index (χ4n) is 4.71. The molecule has 0 radical (unpaired) electrons. The first-order valence-corrected chi connectivity index (χ1v) is 10.8. The van der Waals surface area contributed by atoms with E-state index in [0.29, 0.717) is 36.0 Å². The van der Waals surface area contributed by atoms with Crippen molar-refractivity contribution in [3.05, 3.63) is 82.8 Å². The smallest absolute Gasteiger partial charge is 0.257 e. The van der Waals surface area contributed by atoms with Crippen molar-refractivity contribution < 1.29 is 13.6 Å². The molecule has 2 aromatic heterocycles. The van der Waals surface area contributed by atoms with E-state index in [4.69, 9.17) is 0 Å². The Labute approximate surface area is 184 Å². The van der Waals surface area contributed by atoms with Crippen LogP contribution >= 0.6 is 0 Å². The van der Waals surface area contributed by atoms with E-state index in [-0.39, 0.29) is 11.6 Å². The molecule has 1 fully saturated rings. The van der Waals surface area contributed by atoms with E-state index < -0.39 is 11.6 Å². The van der Waals surface area contributed by atoms with Crippen LogP contribution in [0.3, 0.4) is 0 Å². The lowest BCUT2D eigenvalue weighted by molar-refractivity contribution is 0.0710. The number of piperidine rings is 1. The summed E-state index contributed by atoms with van der Waals surface area (Å²) in [6.45, 7) is 4.78. The van der Waals surface area contributed by atoms with Crippen LogP contribution in [0.25, 0.3) is 16.6 Å². The van der Waals surface area contributed by atoms with Gasteiger partial charge in [0, 0.05) is 36.3 Å². The van der Waals surface area contributed by atoms with Crippen LogP contribution < -0.4 is 0 Å². The predicted octanol–water partition coefficient (Wildman–Crippen LogP) is 5.27. The molecule has 1 saturated heterocycles. The third-order valence-corrected chi connectivity index (χ3v) is 6.42. The lowest BCUT2D eigenvalue weighted by Crippen LogP contribution is -2.38. The lowest BCUT2D eigenvalue weighted by atomic mass is 9.93. The molecular formula is C25H24F2N4O. The summed E-state index contributed by atoms with van der Waals surface area (Å²) in [5, 5.41) is 5.58. The molecule has 0 saturated carbocycles. The molecule has 1 aliphatic rings. The molecule has 32 heavy (non-hydrogen) atoms. The molecule has 0 bridgehead atoms. The van der Waals surface area contributed by atoms with Crippen LogP contribution in [0.15, 0.2) is 48.5 Å². The summed E-state index contributed by atoms with van der Waals surface area (Å²) in [7, 11) is 0. The average molecular weight is 434 g/mol. The number of benzene rings is 2. The SMILES string of the molecule is Cc1nn(-c2ccc(F)cc2F)c(C)c1C(=O)N1CCC(c2cc3ccccc3[nH]2)CC1. The number of halogens is 2. The molecule has 1 N–H and O–H groups in total. The van der Waals surface area contributed by atoms with Gasteiger partial charge >= 0.3 is 0 Å². The molecule has 0 spiro atoms. The summed E-state index contributed by atoms with van der Waals surface area (Å²) in [4.78, 5) is 18.7. The minimum absolute atomic E-state index is 0.0936. The summed E-state index contributed by atoms with van der Waals surface area (Å²) in [5.41, 5.74) is 4.05. The van der Waals surface area contributed by atoms with E-state index in [2.05, 4.69) is 28.3 Å². The zero-order chi connectivity index (χ0) is 22.4. The van der Waals surface area contributed by atoms with Gasteiger partial charge in [-0.3, -0.25) is 4.79 Å². The van der Waals surface area contributed by atoms with Gasteiger partial charge in [0.2, 0.25) is 0 Å². The number of likely N-dealkylation sites (tertiary alicyclic amines) is 1.